The molecule has 0 spiro atoms. The van der Waals surface area contributed by atoms with Crippen LogP contribution >= 0.6 is 0 Å². The maximum absolute atomic E-state index is 5.16. The first kappa shape index (κ1) is 18.4. The van der Waals surface area contributed by atoms with Crippen molar-refractivity contribution >= 4 is 21.7 Å². The van der Waals surface area contributed by atoms with Crippen molar-refractivity contribution < 1.29 is 0 Å². The van der Waals surface area contributed by atoms with E-state index in [1.54, 1.807) is 12.4 Å². The van der Waals surface area contributed by atoms with Crippen LogP contribution in [0.2, 0.25) is 0 Å². The largest absolute Gasteiger partial charge is 0.264 e. The van der Waals surface area contributed by atoms with Crippen molar-refractivity contribution in [2.24, 2.45) is 0 Å². The maximum Gasteiger partial charge on any atom is 0.0788 e. The number of benzene rings is 3. The smallest absolute Gasteiger partial charge is 0.0788 e. The van der Waals surface area contributed by atoms with Crippen LogP contribution in [-0.4, -0.2) is 15.0 Å². The van der Waals surface area contributed by atoms with E-state index in [-0.39, 0.29) is 0 Å². The van der Waals surface area contributed by atoms with Gasteiger partial charge in [-0.1, -0.05) is 66.7 Å². The molecule has 3 aromatic heterocycles. The summed E-state index contributed by atoms with van der Waals surface area (Å²) < 4.78 is 0. The molecule has 0 aliphatic heterocycles. The van der Waals surface area contributed by atoms with Crippen LogP contribution in [-0.2, 0) is 0 Å². The summed E-state index contributed by atoms with van der Waals surface area (Å²) >= 11 is 0. The summed E-state index contributed by atoms with van der Waals surface area (Å²) in [5, 5.41) is 3.48. The summed E-state index contributed by atoms with van der Waals surface area (Å²) in [6, 6.07) is 31.6. The first-order valence-electron chi connectivity index (χ1n) is 10.6. The summed E-state index contributed by atoms with van der Waals surface area (Å²) in [6.45, 7) is 0. The molecule has 3 heteroatoms. The zero-order valence-corrected chi connectivity index (χ0v) is 17.3. The summed E-state index contributed by atoms with van der Waals surface area (Å²) in [5.41, 5.74) is 7.51. The average Bonchev–Trinajstić information content (AvgIpc) is 2.89. The molecule has 0 radical (unpaired) electrons. The molecule has 0 fully saturated rings. The molecule has 0 unspecified atom stereocenters. The van der Waals surface area contributed by atoms with E-state index < -0.39 is 0 Å². The normalized spacial score (nSPS) is 11.1. The maximum atomic E-state index is 5.16. The first-order valence-corrected chi connectivity index (χ1v) is 10.6. The molecule has 3 heterocycles. The van der Waals surface area contributed by atoms with Gasteiger partial charge in [0.25, 0.3) is 0 Å². The van der Waals surface area contributed by atoms with E-state index in [1.165, 1.54) is 5.39 Å². The van der Waals surface area contributed by atoms with Gasteiger partial charge in [-0.15, -0.1) is 0 Å². The molecule has 0 aliphatic rings. The van der Waals surface area contributed by atoms with Crippen LogP contribution in [0, 0.1) is 0 Å². The van der Waals surface area contributed by atoms with Gasteiger partial charge in [-0.25, -0.2) is 4.98 Å². The summed E-state index contributed by atoms with van der Waals surface area (Å²) in [5.74, 6) is 0. The van der Waals surface area contributed by atoms with E-state index in [2.05, 4.69) is 82.8 Å². The first-order chi connectivity index (χ1) is 15.9. The van der Waals surface area contributed by atoms with Crippen molar-refractivity contribution in [3.05, 3.63) is 116 Å². The van der Waals surface area contributed by atoms with Crippen molar-refractivity contribution in [2.45, 2.75) is 0 Å². The lowest BCUT2D eigenvalue weighted by atomic mass is 9.95. The highest BCUT2D eigenvalue weighted by atomic mass is 14.7. The van der Waals surface area contributed by atoms with Gasteiger partial charge in [-0.05, 0) is 40.8 Å². The molecule has 6 aromatic rings. The standard InChI is InChI=1S/C29H19N3/c1-2-6-20(7-3-1)29-27-16-21(23-8-4-14-30-18-23)10-12-25(27)26-13-11-22(17-28(26)32-29)24-9-5-15-31-19-24/h1-19H. The van der Waals surface area contributed by atoms with Crippen LogP contribution in [0.15, 0.2) is 116 Å². The van der Waals surface area contributed by atoms with Crippen LogP contribution in [0.5, 0.6) is 0 Å². The molecule has 150 valence electrons. The number of rotatable bonds is 3. The fourth-order valence-corrected chi connectivity index (χ4v) is 4.25. The van der Waals surface area contributed by atoms with E-state index >= 15 is 0 Å². The minimum absolute atomic E-state index is 0.979. The second-order valence-electron chi connectivity index (χ2n) is 7.80. The van der Waals surface area contributed by atoms with Gasteiger partial charge in [-0.2, -0.15) is 0 Å². The Hall–Kier alpha value is -4.37. The average molecular weight is 409 g/mol. The van der Waals surface area contributed by atoms with Crippen LogP contribution in [0.1, 0.15) is 0 Å². The van der Waals surface area contributed by atoms with Gasteiger partial charge in [0.15, 0.2) is 0 Å². The van der Waals surface area contributed by atoms with Gasteiger partial charge in [0.05, 0.1) is 11.2 Å². The quantitative estimate of drug-likeness (QED) is 0.291. The lowest BCUT2D eigenvalue weighted by molar-refractivity contribution is 1.33. The molecule has 0 aliphatic carbocycles. The fourth-order valence-electron chi connectivity index (χ4n) is 4.25. The minimum atomic E-state index is 0.979. The van der Waals surface area contributed by atoms with E-state index in [4.69, 9.17) is 4.98 Å². The monoisotopic (exact) mass is 409 g/mol. The molecule has 0 saturated carbocycles. The van der Waals surface area contributed by atoms with E-state index in [1.807, 2.05) is 30.6 Å². The van der Waals surface area contributed by atoms with Gasteiger partial charge in [0.2, 0.25) is 0 Å². The summed E-state index contributed by atoms with van der Waals surface area (Å²) in [7, 11) is 0. The Morgan fingerprint density at radius 3 is 1.72 bits per heavy atom. The second-order valence-corrected chi connectivity index (χ2v) is 7.80. The van der Waals surface area contributed by atoms with Crippen molar-refractivity contribution in [3.8, 4) is 33.5 Å². The van der Waals surface area contributed by atoms with E-state index in [0.717, 1.165) is 49.8 Å². The molecular weight excluding hydrogens is 390 g/mol. The zero-order chi connectivity index (χ0) is 21.3. The predicted molar refractivity (Wildman–Crippen MR) is 131 cm³/mol. The predicted octanol–water partition coefficient (Wildman–Crippen LogP) is 7.18. The molecule has 0 N–H and O–H groups in total. The van der Waals surface area contributed by atoms with Crippen molar-refractivity contribution in [3.63, 3.8) is 0 Å². The molecule has 0 amide bonds. The SMILES string of the molecule is c1ccc(-c2nc3cc(-c4cccnc4)ccc3c3ccc(-c4cccnc4)cc23)cc1. The van der Waals surface area contributed by atoms with Gasteiger partial charge in [-0.3, -0.25) is 9.97 Å². The molecule has 6 rings (SSSR count). The minimum Gasteiger partial charge on any atom is -0.264 e. The van der Waals surface area contributed by atoms with E-state index in [0.29, 0.717) is 0 Å². The highest BCUT2D eigenvalue weighted by molar-refractivity contribution is 6.12. The van der Waals surface area contributed by atoms with Crippen molar-refractivity contribution in [1.82, 2.24) is 15.0 Å². The lowest BCUT2D eigenvalue weighted by Crippen LogP contribution is -1.91. The summed E-state index contributed by atoms with van der Waals surface area (Å²) in [4.78, 5) is 13.7. The van der Waals surface area contributed by atoms with Crippen molar-refractivity contribution in [1.29, 1.82) is 0 Å². The zero-order valence-electron chi connectivity index (χ0n) is 17.3. The number of pyridine rings is 3. The third kappa shape index (κ3) is 3.21. The Bertz CT molecular complexity index is 1540. The highest BCUT2D eigenvalue weighted by Gasteiger charge is 2.13. The number of hydrogen-bond donors (Lipinski definition) is 0. The van der Waals surface area contributed by atoms with Gasteiger partial charge >= 0.3 is 0 Å². The number of fused-ring (bicyclic) bond motifs is 3. The van der Waals surface area contributed by atoms with Gasteiger partial charge < -0.3 is 0 Å². The molecule has 3 aromatic carbocycles. The fraction of sp³-hybridized carbons (Fsp3) is 0. The topological polar surface area (TPSA) is 38.7 Å². The Morgan fingerprint density at radius 2 is 1.06 bits per heavy atom. The van der Waals surface area contributed by atoms with E-state index in [9.17, 15) is 0 Å². The van der Waals surface area contributed by atoms with Crippen LogP contribution in [0.3, 0.4) is 0 Å². The Balaban J connectivity index is 1.65. The molecule has 0 atom stereocenters. The number of nitrogens with zero attached hydrogens (tertiary/aromatic N) is 3. The van der Waals surface area contributed by atoms with Crippen LogP contribution in [0.25, 0.3) is 55.2 Å². The third-order valence-electron chi connectivity index (χ3n) is 5.83. The number of hydrogen-bond acceptors (Lipinski definition) is 3. The molecule has 0 saturated heterocycles. The Kier molecular flexibility index (Phi) is 4.43. The summed E-state index contributed by atoms with van der Waals surface area (Å²) in [6.07, 6.45) is 7.39. The second kappa shape index (κ2) is 7.71. The molecule has 3 nitrogen and oxygen atoms in total. The molecular formula is C29H19N3. The lowest BCUT2D eigenvalue weighted by Gasteiger charge is -2.13. The Morgan fingerprint density at radius 1 is 0.438 bits per heavy atom. The Labute approximate surface area is 186 Å². The molecule has 32 heavy (non-hydrogen) atoms. The van der Waals surface area contributed by atoms with Crippen LogP contribution < -0.4 is 0 Å². The van der Waals surface area contributed by atoms with Crippen molar-refractivity contribution in [2.75, 3.05) is 0 Å². The number of aromatic nitrogens is 3. The van der Waals surface area contributed by atoms with Gasteiger partial charge in [0.1, 0.15) is 0 Å². The molecule has 0 bridgehead atoms. The van der Waals surface area contributed by atoms with Crippen LogP contribution in [0.4, 0.5) is 0 Å². The van der Waals surface area contributed by atoms with Gasteiger partial charge in [0, 0.05) is 52.3 Å². The third-order valence-corrected chi connectivity index (χ3v) is 5.83. The highest BCUT2D eigenvalue weighted by Crippen LogP contribution is 2.36.